The van der Waals surface area contributed by atoms with Gasteiger partial charge >= 0.3 is 0 Å². The molecule has 2 aromatic carbocycles. The third-order valence-electron chi connectivity index (χ3n) is 6.78. The molecule has 2 fully saturated rings. The molecule has 10 heteroatoms. The normalized spacial score (nSPS) is 21.1. The maximum Gasteiger partial charge on any atom is 0.269 e. The van der Waals surface area contributed by atoms with Crippen molar-refractivity contribution in [1.29, 1.82) is 0 Å². The summed E-state index contributed by atoms with van der Waals surface area (Å²) >= 11 is 0. The first-order valence-corrected chi connectivity index (χ1v) is 11.2. The smallest absolute Gasteiger partial charge is 0.269 e. The zero-order chi connectivity index (χ0) is 23.9. The van der Waals surface area contributed by atoms with E-state index in [1.807, 2.05) is 0 Å². The SMILES string of the molecule is COc1ccc(N2C(=O)c3ccc([N+](=O)[O-])cc3C2CC(=O)N2CCC3(CC2)OCCO3)cc1. The second kappa shape index (κ2) is 8.69. The quantitative estimate of drug-likeness (QED) is 0.491. The summed E-state index contributed by atoms with van der Waals surface area (Å²) in [5, 5.41) is 11.4. The average Bonchev–Trinajstić information content (AvgIpc) is 3.41. The minimum Gasteiger partial charge on any atom is -0.497 e. The van der Waals surface area contributed by atoms with Crippen LogP contribution in [0.2, 0.25) is 0 Å². The molecule has 2 aromatic rings. The number of nitro benzene ring substituents is 1. The van der Waals surface area contributed by atoms with E-state index in [0.29, 0.717) is 61.7 Å². The summed E-state index contributed by atoms with van der Waals surface area (Å²) in [6, 6.07) is 10.5. The van der Waals surface area contributed by atoms with Crippen molar-refractivity contribution in [3.63, 3.8) is 0 Å². The predicted octanol–water partition coefficient (Wildman–Crippen LogP) is 3.06. The number of likely N-dealkylation sites (tertiary alicyclic amines) is 1. The molecule has 5 rings (SSSR count). The summed E-state index contributed by atoms with van der Waals surface area (Å²) < 4.78 is 16.7. The van der Waals surface area contributed by atoms with E-state index in [1.165, 1.54) is 18.2 Å². The average molecular weight is 467 g/mol. The standard InChI is InChI=1S/C24H25N3O7/c1-32-18-5-2-16(3-6-18)26-21(20-14-17(27(30)31)4-7-19(20)23(26)29)15-22(28)25-10-8-24(9-11-25)33-12-13-34-24/h2-7,14,21H,8-13,15H2,1H3. The van der Waals surface area contributed by atoms with Crippen molar-refractivity contribution >= 4 is 23.2 Å². The number of nitro groups is 1. The lowest BCUT2D eigenvalue weighted by Crippen LogP contribution is -2.48. The second-order valence-corrected chi connectivity index (χ2v) is 8.61. The minimum absolute atomic E-state index is 0.0145. The molecular formula is C24H25N3O7. The molecule has 10 nitrogen and oxygen atoms in total. The monoisotopic (exact) mass is 467 g/mol. The number of rotatable bonds is 5. The van der Waals surface area contributed by atoms with Crippen LogP contribution in [-0.2, 0) is 14.3 Å². The summed E-state index contributed by atoms with van der Waals surface area (Å²) in [5.74, 6) is -0.376. The van der Waals surface area contributed by atoms with Crippen molar-refractivity contribution in [2.75, 3.05) is 38.3 Å². The Bertz CT molecular complexity index is 1120. The zero-order valence-corrected chi connectivity index (χ0v) is 18.8. The summed E-state index contributed by atoms with van der Waals surface area (Å²) in [5.41, 5.74) is 1.33. The van der Waals surface area contributed by atoms with E-state index in [0.717, 1.165) is 0 Å². The number of nitrogens with zero attached hydrogens (tertiary/aromatic N) is 3. The lowest BCUT2D eigenvalue weighted by molar-refractivity contribution is -0.384. The topological polar surface area (TPSA) is 111 Å². The van der Waals surface area contributed by atoms with Crippen LogP contribution in [0.25, 0.3) is 0 Å². The van der Waals surface area contributed by atoms with Crippen LogP contribution in [0.5, 0.6) is 5.75 Å². The van der Waals surface area contributed by atoms with Crippen LogP contribution in [0.15, 0.2) is 42.5 Å². The first-order chi connectivity index (χ1) is 16.4. The highest BCUT2D eigenvalue weighted by Gasteiger charge is 2.43. The van der Waals surface area contributed by atoms with Gasteiger partial charge in [-0.2, -0.15) is 0 Å². The Labute approximate surface area is 196 Å². The Balaban J connectivity index is 1.43. The van der Waals surface area contributed by atoms with Crippen LogP contribution >= 0.6 is 0 Å². The van der Waals surface area contributed by atoms with Gasteiger partial charge in [0.2, 0.25) is 5.91 Å². The number of fused-ring (bicyclic) bond motifs is 1. The van der Waals surface area contributed by atoms with Gasteiger partial charge in [0.25, 0.3) is 11.6 Å². The number of piperidine rings is 1. The van der Waals surface area contributed by atoms with E-state index in [2.05, 4.69) is 0 Å². The number of ether oxygens (including phenoxy) is 3. The number of anilines is 1. The van der Waals surface area contributed by atoms with E-state index in [4.69, 9.17) is 14.2 Å². The summed E-state index contributed by atoms with van der Waals surface area (Å²) in [7, 11) is 1.55. The molecule has 1 atom stereocenters. The van der Waals surface area contributed by atoms with Crippen molar-refractivity contribution in [3.8, 4) is 5.75 Å². The molecule has 0 aliphatic carbocycles. The van der Waals surface area contributed by atoms with E-state index < -0.39 is 16.8 Å². The summed E-state index contributed by atoms with van der Waals surface area (Å²) in [4.78, 5) is 40.9. The van der Waals surface area contributed by atoms with Crippen LogP contribution in [0.1, 0.15) is 41.2 Å². The molecule has 34 heavy (non-hydrogen) atoms. The Morgan fingerprint density at radius 2 is 1.82 bits per heavy atom. The summed E-state index contributed by atoms with van der Waals surface area (Å²) in [6.45, 7) is 2.10. The molecular weight excluding hydrogens is 442 g/mol. The van der Waals surface area contributed by atoms with Crippen molar-refractivity contribution in [2.45, 2.75) is 31.1 Å². The highest BCUT2D eigenvalue weighted by atomic mass is 16.7. The number of hydrogen-bond acceptors (Lipinski definition) is 7. The van der Waals surface area contributed by atoms with Gasteiger partial charge in [-0.25, -0.2) is 0 Å². The van der Waals surface area contributed by atoms with Gasteiger partial charge in [0, 0.05) is 49.3 Å². The largest absolute Gasteiger partial charge is 0.497 e. The maximum atomic E-state index is 13.3. The number of hydrogen-bond donors (Lipinski definition) is 0. The van der Waals surface area contributed by atoms with Crippen molar-refractivity contribution in [1.82, 2.24) is 4.90 Å². The number of carbonyl (C=O) groups excluding carboxylic acids is 2. The maximum absolute atomic E-state index is 13.3. The molecule has 2 amide bonds. The fraction of sp³-hybridized carbons (Fsp3) is 0.417. The third-order valence-corrected chi connectivity index (χ3v) is 6.78. The van der Waals surface area contributed by atoms with Gasteiger partial charge in [0.05, 0.1) is 37.7 Å². The Morgan fingerprint density at radius 3 is 2.44 bits per heavy atom. The Hall–Kier alpha value is -3.50. The van der Waals surface area contributed by atoms with Crippen molar-refractivity contribution < 1.29 is 28.7 Å². The molecule has 178 valence electrons. The Morgan fingerprint density at radius 1 is 1.15 bits per heavy atom. The van der Waals surface area contributed by atoms with Gasteiger partial charge in [-0.1, -0.05) is 0 Å². The van der Waals surface area contributed by atoms with Gasteiger partial charge in [-0.3, -0.25) is 19.7 Å². The highest BCUT2D eigenvalue weighted by Crippen LogP contribution is 2.42. The first-order valence-electron chi connectivity index (χ1n) is 11.2. The van der Waals surface area contributed by atoms with Crippen molar-refractivity contribution in [2.24, 2.45) is 0 Å². The van der Waals surface area contributed by atoms with Crippen LogP contribution < -0.4 is 9.64 Å². The molecule has 0 bridgehead atoms. The molecule has 0 saturated carbocycles. The third kappa shape index (κ3) is 3.88. The number of benzene rings is 2. The lowest BCUT2D eigenvalue weighted by Gasteiger charge is -2.38. The van der Waals surface area contributed by atoms with Gasteiger partial charge < -0.3 is 24.0 Å². The number of amides is 2. The fourth-order valence-corrected chi connectivity index (χ4v) is 4.96. The van der Waals surface area contributed by atoms with Gasteiger partial charge in [0.15, 0.2) is 5.79 Å². The molecule has 0 radical (unpaired) electrons. The molecule has 3 aliphatic rings. The van der Waals surface area contributed by atoms with Crippen molar-refractivity contribution in [3.05, 3.63) is 63.7 Å². The highest BCUT2D eigenvalue weighted by molar-refractivity contribution is 6.11. The molecule has 1 unspecified atom stereocenters. The van der Waals surface area contributed by atoms with Gasteiger partial charge in [-0.05, 0) is 35.9 Å². The zero-order valence-electron chi connectivity index (χ0n) is 18.8. The predicted molar refractivity (Wildman–Crippen MR) is 121 cm³/mol. The summed E-state index contributed by atoms with van der Waals surface area (Å²) in [6.07, 6.45) is 1.19. The van der Waals surface area contributed by atoms with Gasteiger partial charge in [0.1, 0.15) is 5.75 Å². The van der Waals surface area contributed by atoms with Crippen LogP contribution in [0.4, 0.5) is 11.4 Å². The number of methoxy groups -OCH3 is 1. The molecule has 3 heterocycles. The van der Waals surface area contributed by atoms with E-state index in [1.54, 1.807) is 41.2 Å². The molecule has 1 spiro atoms. The lowest BCUT2D eigenvalue weighted by atomic mass is 9.99. The fourth-order valence-electron chi connectivity index (χ4n) is 4.96. The minimum atomic E-state index is -0.654. The van der Waals surface area contributed by atoms with E-state index in [-0.39, 0.29) is 23.9 Å². The second-order valence-electron chi connectivity index (χ2n) is 8.61. The molecule has 3 aliphatic heterocycles. The van der Waals surface area contributed by atoms with Crippen LogP contribution in [0.3, 0.4) is 0 Å². The number of carbonyl (C=O) groups is 2. The van der Waals surface area contributed by atoms with Crippen LogP contribution in [-0.4, -0.2) is 60.8 Å². The van der Waals surface area contributed by atoms with Crippen LogP contribution in [0, 0.1) is 10.1 Å². The van der Waals surface area contributed by atoms with E-state index in [9.17, 15) is 19.7 Å². The Kier molecular flexibility index (Phi) is 5.70. The number of non-ortho nitro benzene ring substituents is 1. The first kappa shape index (κ1) is 22.3. The molecule has 0 aromatic heterocycles. The van der Waals surface area contributed by atoms with E-state index >= 15 is 0 Å². The van der Waals surface area contributed by atoms with Gasteiger partial charge in [-0.15, -0.1) is 0 Å². The molecule has 2 saturated heterocycles. The molecule has 0 N–H and O–H groups in total.